The minimum atomic E-state index is -0.564. The van der Waals surface area contributed by atoms with E-state index in [-0.39, 0.29) is 43.2 Å². The fourth-order valence-corrected chi connectivity index (χ4v) is 4.19. The average molecular weight is 519 g/mol. The van der Waals surface area contributed by atoms with Crippen LogP contribution in [0.1, 0.15) is 49.2 Å². The van der Waals surface area contributed by atoms with Gasteiger partial charge in [-0.05, 0) is 62.9 Å². The van der Waals surface area contributed by atoms with E-state index in [4.69, 9.17) is 9.72 Å². The molecule has 0 unspecified atom stereocenters. The summed E-state index contributed by atoms with van der Waals surface area (Å²) in [4.78, 5) is 28.6. The monoisotopic (exact) mass is 518 g/mol. The zero-order valence-electron chi connectivity index (χ0n) is 21.0. The highest BCUT2D eigenvalue weighted by Gasteiger charge is 2.21. The summed E-state index contributed by atoms with van der Waals surface area (Å²) in [6.07, 6.45) is 4.55. The number of aromatic nitrogens is 2. The van der Waals surface area contributed by atoms with Crippen molar-refractivity contribution in [1.82, 2.24) is 14.7 Å². The van der Waals surface area contributed by atoms with E-state index in [9.17, 15) is 20.0 Å². The van der Waals surface area contributed by atoms with Crippen LogP contribution < -0.4 is 10.1 Å². The van der Waals surface area contributed by atoms with Crippen molar-refractivity contribution in [3.05, 3.63) is 93.8 Å². The van der Waals surface area contributed by atoms with Crippen molar-refractivity contribution < 1.29 is 19.6 Å². The van der Waals surface area contributed by atoms with Crippen molar-refractivity contribution in [2.24, 2.45) is 0 Å². The molecule has 0 saturated carbocycles. The van der Waals surface area contributed by atoms with Crippen LogP contribution in [-0.4, -0.2) is 44.1 Å². The Labute approximate surface area is 222 Å². The van der Waals surface area contributed by atoms with E-state index in [2.05, 4.69) is 5.32 Å². The summed E-state index contributed by atoms with van der Waals surface area (Å²) >= 11 is 0. The molecule has 0 saturated heterocycles. The van der Waals surface area contributed by atoms with Crippen molar-refractivity contribution in [2.45, 2.75) is 53.2 Å². The highest BCUT2D eigenvalue weighted by Crippen LogP contribution is 2.29. The minimum absolute atomic E-state index is 0. The maximum absolute atomic E-state index is 12.9. The third-order valence-corrected chi connectivity index (χ3v) is 6.00. The largest absolute Gasteiger partial charge is 0.484 e. The number of hydrogen-bond acceptors (Lipinski definition) is 6. The molecule has 9 nitrogen and oxygen atoms in total. The van der Waals surface area contributed by atoms with Crippen LogP contribution >= 0.6 is 0 Å². The Morgan fingerprint density at radius 1 is 1.18 bits per heavy atom. The molecule has 2 heterocycles. The molecule has 2 aromatic heterocycles. The summed E-state index contributed by atoms with van der Waals surface area (Å²) in [5, 5.41) is 23.9. The van der Waals surface area contributed by atoms with E-state index in [1.165, 1.54) is 18.2 Å². The third kappa shape index (κ3) is 6.54. The van der Waals surface area contributed by atoms with Gasteiger partial charge in [0.1, 0.15) is 5.65 Å². The second kappa shape index (κ2) is 12.3. The number of fused-ring (bicyclic) bond motifs is 1. The lowest BCUT2D eigenvalue weighted by Gasteiger charge is -2.18. The Morgan fingerprint density at radius 2 is 1.92 bits per heavy atom. The van der Waals surface area contributed by atoms with E-state index in [0.717, 1.165) is 28.0 Å². The van der Waals surface area contributed by atoms with Gasteiger partial charge in [-0.3, -0.25) is 14.9 Å². The number of imidazole rings is 1. The van der Waals surface area contributed by atoms with Crippen LogP contribution in [-0.2, 0) is 6.42 Å². The van der Waals surface area contributed by atoms with Gasteiger partial charge in [0.25, 0.3) is 5.91 Å². The average Bonchev–Trinajstić information content (AvgIpc) is 3.30. The van der Waals surface area contributed by atoms with Gasteiger partial charge in [-0.2, -0.15) is 0 Å². The number of hydrogen-bond donors (Lipinski definition) is 2. The van der Waals surface area contributed by atoms with Crippen LogP contribution in [0.25, 0.3) is 16.9 Å². The van der Waals surface area contributed by atoms with Gasteiger partial charge in [0.2, 0.25) is 0 Å². The number of amides is 1. The molecule has 2 N–H and O–H groups in total. The lowest BCUT2D eigenvalue weighted by atomic mass is 10.0. The maximum atomic E-state index is 12.9. The van der Waals surface area contributed by atoms with Gasteiger partial charge in [0.15, 0.2) is 5.75 Å². The molecule has 0 radical (unpaired) electrons. The van der Waals surface area contributed by atoms with Gasteiger partial charge in [-0.25, -0.2) is 4.98 Å². The molecular formula is C29H34N4O5. The Morgan fingerprint density at radius 3 is 2.55 bits per heavy atom. The number of benzene rings is 2. The number of ether oxygens (including phenoxy) is 1. The molecule has 4 aromatic rings. The molecule has 0 aliphatic rings. The topological polar surface area (TPSA) is 119 Å². The molecule has 0 aliphatic heterocycles. The normalized spacial score (nSPS) is 11.7. The SMILES string of the molecule is C.Cc1cccn2cc(-c3ccc(C[C@@H](CCO)NC(=O)c4ccc(OC(C)C)c([N+](=O)[O-])c4)cc3)nc12. The lowest BCUT2D eigenvalue weighted by Crippen LogP contribution is -2.37. The highest BCUT2D eigenvalue weighted by atomic mass is 16.6. The first-order valence-electron chi connectivity index (χ1n) is 12.2. The number of nitro benzene ring substituents is 1. The van der Waals surface area contributed by atoms with Gasteiger partial charge < -0.3 is 19.6 Å². The lowest BCUT2D eigenvalue weighted by molar-refractivity contribution is -0.386. The van der Waals surface area contributed by atoms with Crippen molar-refractivity contribution in [3.8, 4) is 17.0 Å². The van der Waals surface area contributed by atoms with E-state index >= 15 is 0 Å². The molecule has 4 rings (SSSR count). The van der Waals surface area contributed by atoms with E-state index < -0.39 is 10.8 Å². The fourth-order valence-electron chi connectivity index (χ4n) is 4.19. The number of carbonyl (C=O) groups is 1. The van der Waals surface area contributed by atoms with Crippen LogP contribution in [0.3, 0.4) is 0 Å². The van der Waals surface area contributed by atoms with Gasteiger partial charge in [-0.15, -0.1) is 0 Å². The van der Waals surface area contributed by atoms with Crippen LogP contribution in [0.5, 0.6) is 5.75 Å². The van der Waals surface area contributed by atoms with Crippen LogP contribution in [0.4, 0.5) is 5.69 Å². The molecule has 1 atom stereocenters. The number of aryl methyl sites for hydroxylation is 1. The Kier molecular flexibility index (Phi) is 9.20. The number of rotatable bonds is 10. The first-order chi connectivity index (χ1) is 17.7. The van der Waals surface area contributed by atoms with Crippen LogP contribution in [0.2, 0.25) is 0 Å². The summed E-state index contributed by atoms with van der Waals surface area (Å²) in [5.41, 5.74) is 4.73. The second-order valence-electron chi connectivity index (χ2n) is 9.24. The van der Waals surface area contributed by atoms with Crippen LogP contribution in [0.15, 0.2) is 67.0 Å². The maximum Gasteiger partial charge on any atom is 0.311 e. The number of carbonyl (C=O) groups excluding carboxylic acids is 1. The molecular weight excluding hydrogens is 484 g/mol. The second-order valence-corrected chi connectivity index (χ2v) is 9.24. The summed E-state index contributed by atoms with van der Waals surface area (Å²) in [6.45, 7) is 5.46. The summed E-state index contributed by atoms with van der Waals surface area (Å²) in [5.74, 6) is -0.335. The number of pyridine rings is 1. The Balaban J connectivity index is 0.00000400. The van der Waals surface area contributed by atoms with Crippen molar-refractivity contribution in [3.63, 3.8) is 0 Å². The van der Waals surface area contributed by atoms with Crippen molar-refractivity contribution >= 4 is 17.2 Å². The van der Waals surface area contributed by atoms with E-state index in [0.29, 0.717) is 12.8 Å². The van der Waals surface area contributed by atoms with Crippen LogP contribution in [0, 0.1) is 17.0 Å². The van der Waals surface area contributed by atoms with Gasteiger partial charge in [0, 0.05) is 42.2 Å². The number of aliphatic hydroxyl groups excluding tert-OH is 1. The number of nitrogens with one attached hydrogen (secondary N) is 1. The summed E-state index contributed by atoms with van der Waals surface area (Å²) < 4.78 is 7.49. The van der Waals surface area contributed by atoms with E-state index in [1.807, 2.05) is 60.1 Å². The molecule has 0 fully saturated rings. The number of nitro groups is 1. The van der Waals surface area contributed by atoms with Gasteiger partial charge in [-0.1, -0.05) is 37.8 Å². The summed E-state index contributed by atoms with van der Waals surface area (Å²) in [6, 6.07) is 15.7. The molecule has 1 amide bonds. The van der Waals surface area contributed by atoms with E-state index in [1.54, 1.807) is 13.8 Å². The first kappa shape index (κ1) is 28.3. The summed E-state index contributed by atoms with van der Waals surface area (Å²) in [7, 11) is 0. The Hall–Kier alpha value is -4.24. The molecule has 0 spiro atoms. The smallest absolute Gasteiger partial charge is 0.311 e. The number of aliphatic hydroxyl groups is 1. The molecule has 38 heavy (non-hydrogen) atoms. The minimum Gasteiger partial charge on any atom is -0.484 e. The fraction of sp³-hybridized carbons (Fsp3) is 0.310. The number of nitrogens with zero attached hydrogens (tertiary/aromatic N) is 3. The molecule has 9 heteroatoms. The molecule has 2 aromatic carbocycles. The quantitative estimate of drug-likeness (QED) is 0.215. The van der Waals surface area contributed by atoms with Gasteiger partial charge >= 0.3 is 5.69 Å². The predicted octanol–water partition coefficient (Wildman–Crippen LogP) is 5.36. The first-order valence-corrected chi connectivity index (χ1v) is 12.2. The standard InChI is InChI=1S/C28H30N4O5.CH4/c1-18(2)37-26-11-10-22(16-25(26)32(35)36)28(34)29-23(12-14-33)15-20-6-8-21(9-7-20)24-17-31-13-4-5-19(3)27(31)30-24;/h4-11,13,16-18,23,33H,12,14-15H2,1-3H3,(H,29,34);1H4/t23-;/m1./s1. The molecule has 200 valence electrons. The highest BCUT2D eigenvalue weighted by molar-refractivity contribution is 5.95. The van der Waals surface area contributed by atoms with Crippen molar-refractivity contribution in [2.75, 3.05) is 6.61 Å². The van der Waals surface area contributed by atoms with Crippen molar-refractivity contribution in [1.29, 1.82) is 0 Å². The zero-order chi connectivity index (χ0) is 26.5. The van der Waals surface area contributed by atoms with Gasteiger partial charge in [0.05, 0.1) is 16.7 Å². The molecule has 0 aliphatic carbocycles. The Bertz CT molecular complexity index is 1410. The molecule has 0 bridgehead atoms. The third-order valence-electron chi connectivity index (χ3n) is 6.00. The zero-order valence-corrected chi connectivity index (χ0v) is 21.0. The predicted molar refractivity (Wildman–Crippen MR) is 148 cm³/mol.